The van der Waals surface area contributed by atoms with E-state index in [4.69, 9.17) is 9.47 Å². The molecule has 0 atom stereocenters. The van der Waals surface area contributed by atoms with E-state index in [9.17, 15) is 19.5 Å². The summed E-state index contributed by atoms with van der Waals surface area (Å²) in [6.07, 6.45) is 0. The van der Waals surface area contributed by atoms with E-state index in [0.717, 1.165) is 0 Å². The van der Waals surface area contributed by atoms with Crippen LogP contribution in [0.5, 0.6) is 11.5 Å². The number of ketones is 1. The molecule has 3 aromatic carbocycles. The smallest absolute Gasteiger partial charge is 0.333 e. The van der Waals surface area contributed by atoms with Gasteiger partial charge in [0.15, 0.2) is 11.5 Å². The van der Waals surface area contributed by atoms with Crippen LogP contribution >= 0.6 is 0 Å². The number of hydrogen-bond acceptors (Lipinski definition) is 8. The first-order valence-corrected chi connectivity index (χ1v) is 11.5. The van der Waals surface area contributed by atoms with Crippen LogP contribution < -0.4 is 10.1 Å². The largest absolute Gasteiger partial charge is 0.507 e. The quantitative estimate of drug-likeness (QED) is 0.121. The molecule has 9 heteroatoms. The molecular formula is C28H27N3O6. The zero-order chi connectivity index (χ0) is 26.8. The maximum Gasteiger partial charge on any atom is 0.333 e. The standard InChI is InChI=1S/C28H27N3O6/c1-4-36-25-17-24(32)22(26(33)19-8-6-5-7-9-19)16-23(25)31-30-21-12-10-20(11-13-21)27(34)29-14-15-37-28(35)18(2)3/h5-13,16-17,32H,2,4,14-15H2,1,3H3,(H,29,34)/b31-30+. The van der Waals surface area contributed by atoms with Crippen LogP contribution in [-0.2, 0) is 9.53 Å². The first kappa shape index (κ1) is 26.8. The van der Waals surface area contributed by atoms with Crippen molar-refractivity contribution in [2.45, 2.75) is 13.8 Å². The maximum atomic E-state index is 12.9. The highest BCUT2D eigenvalue weighted by Gasteiger charge is 2.18. The molecule has 0 spiro atoms. The van der Waals surface area contributed by atoms with Crippen molar-refractivity contribution in [3.05, 3.63) is 95.6 Å². The van der Waals surface area contributed by atoms with E-state index in [2.05, 4.69) is 22.1 Å². The van der Waals surface area contributed by atoms with Gasteiger partial charge in [0.1, 0.15) is 18.0 Å². The molecular weight excluding hydrogens is 474 g/mol. The number of phenolic OH excluding ortho intramolecular Hbond substituents is 1. The van der Waals surface area contributed by atoms with Gasteiger partial charge in [0.25, 0.3) is 5.91 Å². The molecule has 1 amide bonds. The fraction of sp³-hybridized carbons (Fsp3) is 0.179. The van der Waals surface area contributed by atoms with Crippen LogP contribution in [0.2, 0.25) is 0 Å². The van der Waals surface area contributed by atoms with Gasteiger partial charge in [-0.3, -0.25) is 9.59 Å². The number of carbonyl (C=O) groups is 3. The van der Waals surface area contributed by atoms with Crippen LogP contribution in [0.25, 0.3) is 0 Å². The van der Waals surface area contributed by atoms with Gasteiger partial charge in [-0.1, -0.05) is 36.9 Å². The minimum atomic E-state index is -0.512. The average molecular weight is 502 g/mol. The Labute approximate surface area is 214 Å². The SMILES string of the molecule is C=C(C)C(=O)OCCNC(=O)c1ccc(/N=N/c2cc(C(=O)c3ccccc3)c(O)cc2OCC)cc1. The van der Waals surface area contributed by atoms with Crippen LogP contribution in [0.15, 0.2) is 89.1 Å². The Bertz CT molecular complexity index is 1320. The Morgan fingerprint density at radius 1 is 0.973 bits per heavy atom. The van der Waals surface area contributed by atoms with Gasteiger partial charge in [-0.05, 0) is 44.2 Å². The second-order valence-corrected chi connectivity index (χ2v) is 7.88. The number of esters is 1. The van der Waals surface area contributed by atoms with E-state index in [0.29, 0.717) is 23.4 Å². The summed E-state index contributed by atoms with van der Waals surface area (Å²) < 4.78 is 10.5. The number of nitrogens with zero attached hydrogens (tertiary/aromatic N) is 2. The Hall–Kier alpha value is -4.79. The minimum Gasteiger partial charge on any atom is -0.507 e. The average Bonchev–Trinajstić information content (AvgIpc) is 2.91. The summed E-state index contributed by atoms with van der Waals surface area (Å²) in [6, 6.07) is 17.7. The molecule has 0 fully saturated rings. The number of benzene rings is 3. The molecule has 9 nitrogen and oxygen atoms in total. The second-order valence-electron chi connectivity index (χ2n) is 7.88. The van der Waals surface area contributed by atoms with Gasteiger partial charge in [-0.25, -0.2) is 4.79 Å². The lowest BCUT2D eigenvalue weighted by Gasteiger charge is -2.10. The second kappa shape index (κ2) is 12.8. The lowest BCUT2D eigenvalue weighted by molar-refractivity contribution is -0.138. The first-order valence-electron chi connectivity index (χ1n) is 11.5. The van der Waals surface area contributed by atoms with Gasteiger partial charge in [-0.15, -0.1) is 5.11 Å². The molecule has 0 bridgehead atoms. The maximum absolute atomic E-state index is 12.9. The Morgan fingerprint density at radius 2 is 1.68 bits per heavy atom. The van der Waals surface area contributed by atoms with Gasteiger partial charge in [-0.2, -0.15) is 5.11 Å². The van der Waals surface area contributed by atoms with E-state index >= 15 is 0 Å². The van der Waals surface area contributed by atoms with Crippen LogP contribution in [0, 0.1) is 0 Å². The highest BCUT2D eigenvalue weighted by Crippen LogP contribution is 2.36. The lowest BCUT2D eigenvalue weighted by atomic mass is 10.0. The molecule has 0 aliphatic carbocycles. The third-order valence-electron chi connectivity index (χ3n) is 5.03. The van der Waals surface area contributed by atoms with Crippen molar-refractivity contribution in [1.82, 2.24) is 5.32 Å². The number of ether oxygens (including phenoxy) is 2. The van der Waals surface area contributed by atoms with Crippen molar-refractivity contribution in [2.75, 3.05) is 19.8 Å². The van der Waals surface area contributed by atoms with Gasteiger partial charge >= 0.3 is 5.97 Å². The summed E-state index contributed by atoms with van der Waals surface area (Å²) in [5, 5.41) is 21.5. The van der Waals surface area contributed by atoms with Gasteiger partial charge in [0.05, 0.1) is 24.4 Å². The molecule has 0 saturated heterocycles. The van der Waals surface area contributed by atoms with Crippen LogP contribution in [-0.4, -0.2) is 42.5 Å². The number of rotatable bonds is 11. The first-order chi connectivity index (χ1) is 17.8. The zero-order valence-electron chi connectivity index (χ0n) is 20.6. The molecule has 0 saturated carbocycles. The molecule has 0 aliphatic heterocycles. The molecule has 0 heterocycles. The highest BCUT2D eigenvalue weighted by molar-refractivity contribution is 6.11. The fourth-order valence-electron chi connectivity index (χ4n) is 3.16. The van der Waals surface area contributed by atoms with Gasteiger partial charge in [0.2, 0.25) is 0 Å². The summed E-state index contributed by atoms with van der Waals surface area (Å²) in [6.45, 7) is 7.34. The van der Waals surface area contributed by atoms with Crippen LogP contribution in [0.1, 0.15) is 40.1 Å². The van der Waals surface area contributed by atoms with E-state index in [1.165, 1.54) is 12.1 Å². The van der Waals surface area contributed by atoms with Crippen molar-refractivity contribution in [3.63, 3.8) is 0 Å². The number of hydrogen-bond donors (Lipinski definition) is 2. The number of phenols is 1. The van der Waals surface area contributed by atoms with Crippen molar-refractivity contribution < 1.29 is 29.0 Å². The predicted molar refractivity (Wildman–Crippen MR) is 138 cm³/mol. The van der Waals surface area contributed by atoms with E-state index < -0.39 is 5.97 Å². The van der Waals surface area contributed by atoms with E-state index in [-0.39, 0.29) is 53.2 Å². The van der Waals surface area contributed by atoms with Gasteiger partial charge in [0, 0.05) is 22.8 Å². The molecule has 37 heavy (non-hydrogen) atoms. The molecule has 2 N–H and O–H groups in total. The monoisotopic (exact) mass is 501 g/mol. The summed E-state index contributed by atoms with van der Waals surface area (Å²) in [5.74, 6) is -1.15. The molecule has 3 aromatic rings. The highest BCUT2D eigenvalue weighted by atomic mass is 16.5. The van der Waals surface area contributed by atoms with Crippen molar-refractivity contribution >= 4 is 29.0 Å². The number of amides is 1. The Balaban J connectivity index is 1.72. The summed E-state index contributed by atoms with van der Waals surface area (Å²) in [7, 11) is 0. The normalized spacial score (nSPS) is 10.6. The molecule has 0 unspecified atom stereocenters. The Morgan fingerprint density at radius 3 is 2.32 bits per heavy atom. The lowest BCUT2D eigenvalue weighted by Crippen LogP contribution is -2.28. The number of carbonyl (C=O) groups excluding carboxylic acids is 3. The summed E-state index contributed by atoms with van der Waals surface area (Å²) in [5.41, 5.74) is 1.90. The van der Waals surface area contributed by atoms with Gasteiger partial charge < -0.3 is 19.9 Å². The molecule has 190 valence electrons. The van der Waals surface area contributed by atoms with Crippen molar-refractivity contribution in [2.24, 2.45) is 10.2 Å². The topological polar surface area (TPSA) is 127 Å². The number of azo groups is 1. The molecule has 0 aromatic heterocycles. The number of nitrogens with one attached hydrogen (secondary N) is 1. The van der Waals surface area contributed by atoms with E-state index in [1.807, 2.05) is 0 Å². The summed E-state index contributed by atoms with van der Waals surface area (Å²) in [4.78, 5) is 36.5. The summed E-state index contributed by atoms with van der Waals surface area (Å²) >= 11 is 0. The predicted octanol–water partition coefficient (Wildman–Crippen LogP) is 5.29. The third kappa shape index (κ3) is 7.35. The van der Waals surface area contributed by atoms with Crippen molar-refractivity contribution in [3.8, 4) is 11.5 Å². The van der Waals surface area contributed by atoms with Crippen LogP contribution in [0.4, 0.5) is 11.4 Å². The minimum absolute atomic E-state index is 0.0350. The van der Waals surface area contributed by atoms with E-state index in [1.54, 1.807) is 68.4 Å². The third-order valence-corrected chi connectivity index (χ3v) is 5.03. The Kier molecular flexibility index (Phi) is 9.26. The molecule has 0 radical (unpaired) electrons. The van der Waals surface area contributed by atoms with Crippen molar-refractivity contribution in [1.29, 1.82) is 0 Å². The molecule has 0 aliphatic rings. The molecule has 3 rings (SSSR count). The van der Waals surface area contributed by atoms with Crippen LogP contribution in [0.3, 0.4) is 0 Å². The fourth-order valence-corrected chi connectivity index (χ4v) is 3.16. The zero-order valence-corrected chi connectivity index (χ0v) is 20.6. The number of aromatic hydroxyl groups is 1.